The van der Waals surface area contributed by atoms with Crippen LogP contribution < -0.4 is 5.32 Å². The highest BCUT2D eigenvalue weighted by atomic mass is 16.5. The first-order valence-corrected chi connectivity index (χ1v) is 10.5. The lowest BCUT2D eigenvalue weighted by Gasteiger charge is -2.50. The van der Waals surface area contributed by atoms with Gasteiger partial charge in [0.1, 0.15) is 6.61 Å². The smallest absolute Gasteiger partial charge is 0.407 e. The molecule has 3 fully saturated rings. The molecule has 6 rings (SSSR count). The van der Waals surface area contributed by atoms with Gasteiger partial charge < -0.3 is 19.9 Å². The van der Waals surface area contributed by atoms with Gasteiger partial charge in [-0.15, -0.1) is 0 Å². The summed E-state index contributed by atoms with van der Waals surface area (Å²) >= 11 is 0. The van der Waals surface area contributed by atoms with E-state index in [0.29, 0.717) is 26.0 Å². The highest BCUT2D eigenvalue weighted by Gasteiger charge is 2.54. The number of hydrogen-bond acceptors (Lipinski definition) is 4. The van der Waals surface area contributed by atoms with E-state index in [9.17, 15) is 14.7 Å². The van der Waals surface area contributed by atoms with Gasteiger partial charge in [0, 0.05) is 17.9 Å². The first-order chi connectivity index (χ1) is 14.5. The Balaban J connectivity index is 1.20. The van der Waals surface area contributed by atoms with Crippen molar-refractivity contribution in [2.24, 2.45) is 5.41 Å². The van der Waals surface area contributed by atoms with Crippen LogP contribution in [0.4, 0.5) is 4.79 Å². The summed E-state index contributed by atoms with van der Waals surface area (Å²) in [6, 6.07) is 16.5. The van der Waals surface area contributed by atoms with Crippen LogP contribution in [0.2, 0.25) is 0 Å². The van der Waals surface area contributed by atoms with E-state index in [0.717, 1.165) is 12.8 Å². The molecule has 2 N–H and O–H groups in total. The van der Waals surface area contributed by atoms with E-state index in [-0.39, 0.29) is 17.9 Å². The standard InChI is InChI=1S/C24H25NO5/c26-21(27)24-11-9-23(10-12-24,15-30-24)14-25-22(28)29-13-20-18-7-3-1-5-16(18)17-6-2-4-8-19(17)20/h1-8,20H,9-15H2,(H,25,28)(H,26,27). The Morgan fingerprint density at radius 1 is 1.00 bits per heavy atom. The van der Waals surface area contributed by atoms with Crippen molar-refractivity contribution >= 4 is 12.1 Å². The van der Waals surface area contributed by atoms with E-state index in [1.165, 1.54) is 22.3 Å². The van der Waals surface area contributed by atoms with Gasteiger partial charge in [-0.1, -0.05) is 48.5 Å². The molecule has 2 aliphatic carbocycles. The molecule has 0 atom stereocenters. The van der Waals surface area contributed by atoms with Crippen molar-refractivity contribution in [2.75, 3.05) is 19.8 Å². The topological polar surface area (TPSA) is 84.9 Å². The van der Waals surface area contributed by atoms with Crippen molar-refractivity contribution in [2.45, 2.75) is 37.2 Å². The third kappa shape index (κ3) is 3.06. The monoisotopic (exact) mass is 407 g/mol. The molecule has 0 unspecified atom stereocenters. The summed E-state index contributed by atoms with van der Waals surface area (Å²) < 4.78 is 11.3. The van der Waals surface area contributed by atoms with Crippen molar-refractivity contribution in [3.8, 4) is 11.1 Å². The van der Waals surface area contributed by atoms with Gasteiger partial charge in [0.15, 0.2) is 5.60 Å². The predicted octanol–water partition coefficient (Wildman–Crippen LogP) is 3.94. The van der Waals surface area contributed by atoms with Gasteiger partial charge in [0.25, 0.3) is 0 Å². The molecule has 2 saturated heterocycles. The number of alkyl carbamates (subject to hydrolysis) is 1. The fourth-order valence-electron chi connectivity index (χ4n) is 5.18. The number of hydrogen-bond donors (Lipinski definition) is 2. The third-order valence-electron chi connectivity index (χ3n) is 7.11. The van der Waals surface area contributed by atoms with Crippen LogP contribution in [-0.4, -0.2) is 42.5 Å². The van der Waals surface area contributed by atoms with E-state index in [1.807, 2.05) is 24.3 Å². The molecular formula is C24H25NO5. The van der Waals surface area contributed by atoms with Crippen LogP contribution in [0.15, 0.2) is 48.5 Å². The summed E-state index contributed by atoms with van der Waals surface area (Å²) in [5.41, 5.74) is 3.55. The number of fused-ring (bicyclic) bond motifs is 6. The predicted molar refractivity (Wildman–Crippen MR) is 110 cm³/mol. The number of rotatable bonds is 5. The maximum atomic E-state index is 12.4. The summed E-state index contributed by atoms with van der Waals surface area (Å²) in [7, 11) is 0. The van der Waals surface area contributed by atoms with Crippen LogP contribution in [0.3, 0.4) is 0 Å². The van der Waals surface area contributed by atoms with Gasteiger partial charge in [0.05, 0.1) is 6.61 Å². The minimum absolute atomic E-state index is 0.0326. The highest BCUT2D eigenvalue weighted by molar-refractivity contribution is 5.79. The van der Waals surface area contributed by atoms with Gasteiger partial charge in [0.2, 0.25) is 0 Å². The molecule has 6 heteroatoms. The number of carbonyl (C=O) groups is 2. The van der Waals surface area contributed by atoms with E-state index in [2.05, 4.69) is 29.6 Å². The van der Waals surface area contributed by atoms with Crippen LogP contribution in [0.1, 0.15) is 42.7 Å². The zero-order valence-corrected chi connectivity index (χ0v) is 16.7. The second-order valence-corrected chi connectivity index (χ2v) is 8.77. The molecule has 156 valence electrons. The van der Waals surface area contributed by atoms with E-state index >= 15 is 0 Å². The van der Waals surface area contributed by atoms with Crippen LogP contribution in [0, 0.1) is 5.41 Å². The van der Waals surface area contributed by atoms with Crippen molar-refractivity contribution in [1.29, 1.82) is 0 Å². The molecule has 0 aromatic heterocycles. The zero-order valence-electron chi connectivity index (χ0n) is 16.7. The average Bonchev–Trinajstić information content (AvgIpc) is 3.11. The minimum atomic E-state index is -1.02. The Kier molecular flexibility index (Phi) is 4.54. The zero-order chi connectivity index (χ0) is 20.8. The summed E-state index contributed by atoms with van der Waals surface area (Å²) in [6.07, 6.45) is 2.03. The van der Waals surface area contributed by atoms with Crippen LogP contribution >= 0.6 is 0 Å². The summed E-state index contributed by atoms with van der Waals surface area (Å²) in [4.78, 5) is 23.9. The average molecular weight is 407 g/mol. The van der Waals surface area contributed by atoms with Crippen molar-refractivity contribution in [1.82, 2.24) is 5.32 Å². The van der Waals surface area contributed by atoms with Crippen molar-refractivity contribution in [3.05, 3.63) is 59.7 Å². The number of nitrogens with one attached hydrogen (secondary N) is 1. The first kappa shape index (κ1) is 19.1. The van der Waals surface area contributed by atoms with Gasteiger partial charge in [-0.05, 0) is 47.9 Å². The molecule has 4 aliphatic rings. The van der Waals surface area contributed by atoms with Crippen LogP contribution in [-0.2, 0) is 14.3 Å². The number of ether oxygens (including phenoxy) is 2. The molecule has 2 aliphatic heterocycles. The number of benzene rings is 2. The largest absolute Gasteiger partial charge is 0.479 e. The SMILES string of the molecule is O=C(NCC12CCC(C(=O)O)(CC1)OC2)OCC1c2ccccc2-c2ccccc21. The van der Waals surface area contributed by atoms with Gasteiger partial charge in [-0.25, -0.2) is 9.59 Å². The molecule has 30 heavy (non-hydrogen) atoms. The number of carboxylic acid groups (broad SMARTS) is 1. The Bertz CT molecular complexity index is 931. The van der Waals surface area contributed by atoms with Gasteiger partial charge >= 0.3 is 12.1 Å². The molecule has 6 nitrogen and oxygen atoms in total. The molecule has 1 amide bonds. The highest BCUT2D eigenvalue weighted by Crippen LogP contribution is 2.49. The Hall–Kier alpha value is -2.86. The fourth-order valence-corrected chi connectivity index (χ4v) is 5.18. The molecule has 2 bridgehead atoms. The molecular weight excluding hydrogens is 382 g/mol. The molecule has 2 heterocycles. The maximum Gasteiger partial charge on any atom is 0.407 e. The molecule has 1 saturated carbocycles. The Morgan fingerprint density at radius 2 is 1.60 bits per heavy atom. The van der Waals surface area contributed by atoms with Crippen LogP contribution in [0.5, 0.6) is 0 Å². The Labute approximate surface area is 175 Å². The quantitative estimate of drug-likeness (QED) is 0.784. The summed E-state index contributed by atoms with van der Waals surface area (Å²) in [6.45, 7) is 1.09. The molecule has 2 aromatic carbocycles. The number of carboxylic acids is 1. The number of aliphatic carboxylic acids is 1. The lowest BCUT2D eigenvalue weighted by atomic mass is 9.66. The number of carbonyl (C=O) groups excluding carboxylic acids is 1. The van der Waals surface area contributed by atoms with Crippen molar-refractivity contribution < 1.29 is 24.2 Å². The molecule has 2 aromatic rings. The third-order valence-corrected chi connectivity index (χ3v) is 7.11. The first-order valence-electron chi connectivity index (χ1n) is 10.5. The lowest BCUT2D eigenvalue weighted by Crippen LogP contribution is -2.58. The van der Waals surface area contributed by atoms with Gasteiger partial charge in [-0.3, -0.25) is 0 Å². The Morgan fingerprint density at radius 3 is 2.13 bits per heavy atom. The van der Waals surface area contributed by atoms with E-state index < -0.39 is 17.7 Å². The van der Waals surface area contributed by atoms with E-state index in [4.69, 9.17) is 9.47 Å². The number of amides is 1. The maximum absolute atomic E-state index is 12.4. The molecule has 0 spiro atoms. The minimum Gasteiger partial charge on any atom is -0.479 e. The normalized spacial score (nSPS) is 26.7. The fraction of sp³-hybridized carbons (Fsp3) is 0.417. The summed E-state index contributed by atoms with van der Waals surface area (Å²) in [5, 5.41) is 12.3. The van der Waals surface area contributed by atoms with Crippen molar-refractivity contribution in [3.63, 3.8) is 0 Å². The lowest BCUT2D eigenvalue weighted by molar-refractivity contribution is -0.206. The van der Waals surface area contributed by atoms with Gasteiger partial charge in [-0.2, -0.15) is 0 Å². The second kappa shape index (κ2) is 7.13. The second-order valence-electron chi connectivity index (χ2n) is 8.77. The summed E-state index contributed by atoms with van der Waals surface area (Å²) in [5.74, 6) is -0.842. The molecule has 0 radical (unpaired) electrons. The van der Waals surface area contributed by atoms with Crippen LogP contribution in [0.25, 0.3) is 11.1 Å². The van der Waals surface area contributed by atoms with E-state index in [1.54, 1.807) is 0 Å².